The van der Waals surface area contributed by atoms with Crippen molar-refractivity contribution in [3.63, 3.8) is 0 Å². The van der Waals surface area contributed by atoms with E-state index < -0.39 is 10.0 Å². The second-order valence-electron chi connectivity index (χ2n) is 4.65. The minimum atomic E-state index is -3.75. The van der Waals surface area contributed by atoms with Gasteiger partial charge < -0.3 is 0 Å². The van der Waals surface area contributed by atoms with Gasteiger partial charge in [-0.25, -0.2) is 8.42 Å². The lowest BCUT2D eigenvalue weighted by molar-refractivity contribution is 0.601. The number of nitrogens with zero attached hydrogens (tertiary/aromatic N) is 1. The number of sulfonamides is 1. The monoisotopic (exact) mass is 518 g/mol. The molecule has 4 nitrogen and oxygen atoms in total. The summed E-state index contributed by atoms with van der Waals surface area (Å²) in [5, 5.41) is 0.820. The maximum absolute atomic E-state index is 12.7. The summed E-state index contributed by atoms with van der Waals surface area (Å²) in [6.45, 7) is 0. The van der Waals surface area contributed by atoms with Crippen LogP contribution in [0.5, 0.6) is 0 Å². The summed E-state index contributed by atoms with van der Waals surface area (Å²) >= 11 is 10.1. The molecule has 0 aliphatic heterocycles. The van der Waals surface area contributed by atoms with Crippen molar-refractivity contribution < 1.29 is 8.42 Å². The summed E-state index contributed by atoms with van der Waals surface area (Å²) in [6, 6.07) is 12.1. The van der Waals surface area contributed by atoms with Gasteiger partial charge in [0, 0.05) is 25.0 Å². The van der Waals surface area contributed by atoms with Gasteiger partial charge in [0.25, 0.3) is 10.0 Å². The van der Waals surface area contributed by atoms with Crippen LogP contribution in [0.15, 0.2) is 67.0 Å². The average molecular weight is 521 g/mol. The van der Waals surface area contributed by atoms with Gasteiger partial charge >= 0.3 is 0 Å². The summed E-state index contributed by atoms with van der Waals surface area (Å²) in [7, 11) is -3.75. The van der Waals surface area contributed by atoms with E-state index in [-0.39, 0.29) is 4.90 Å². The Morgan fingerprint density at radius 1 is 0.913 bits per heavy atom. The third kappa shape index (κ3) is 3.31. The van der Waals surface area contributed by atoms with Crippen LogP contribution < -0.4 is 4.72 Å². The first-order valence-electron chi connectivity index (χ1n) is 6.40. The van der Waals surface area contributed by atoms with E-state index >= 15 is 0 Å². The molecular formula is C15H9Br3N2O2S. The number of aromatic nitrogens is 1. The van der Waals surface area contributed by atoms with Crippen LogP contribution in [0.4, 0.5) is 5.69 Å². The van der Waals surface area contributed by atoms with Crippen LogP contribution in [0, 0.1) is 0 Å². The van der Waals surface area contributed by atoms with Crippen molar-refractivity contribution in [1.82, 2.24) is 4.98 Å². The molecule has 0 spiro atoms. The molecule has 1 aromatic heterocycles. The molecule has 0 aliphatic carbocycles. The summed E-state index contributed by atoms with van der Waals surface area (Å²) < 4.78 is 30.0. The molecule has 118 valence electrons. The maximum atomic E-state index is 12.7. The molecule has 1 N–H and O–H groups in total. The van der Waals surface area contributed by atoms with Crippen LogP contribution in [0.25, 0.3) is 10.9 Å². The molecule has 2 aromatic carbocycles. The standard InChI is InChI=1S/C15H9Br3N2O2S/c16-10-5-1-2-6-13(10)23(21,22)20-15-12(18)8-11(17)9-4-3-7-19-14(9)15/h1-8,20H. The fourth-order valence-corrected chi connectivity index (χ4v) is 5.72. The van der Waals surface area contributed by atoms with E-state index in [0.29, 0.717) is 20.1 Å². The zero-order chi connectivity index (χ0) is 16.6. The SMILES string of the molecule is O=S(=O)(Nc1c(Br)cc(Br)c2cccnc12)c1ccccc1Br. The Labute approximate surface area is 158 Å². The van der Waals surface area contributed by atoms with E-state index in [9.17, 15) is 8.42 Å². The third-order valence-corrected chi connectivity index (χ3v) is 6.80. The molecular weight excluding hydrogens is 512 g/mol. The highest BCUT2D eigenvalue weighted by Gasteiger charge is 2.21. The van der Waals surface area contributed by atoms with Gasteiger partial charge in [0.15, 0.2) is 0 Å². The van der Waals surface area contributed by atoms with E-state index in [1.165, 1.54) is 6.07 Å². The number of hydrogen-bond donors (Lipinski definition) is 1. The van der Waals surface area contributed by atoms with Crippen LogP contribution in [0.3, 0.4) is 0 Å². The second kappa shape index (κ2) is 6.51. The van der Waals surface area contributed by atoms with Crippen molar-refractivity contribution in [1.29, 1.82) is 0 Å². The molecule has 0 aliphatic rings. The van der Waals surface area contributed by atoms with Gasteiger partial charge in [-0.3, -0.25) is 9.71 Å². The highest BCUT2D eigenvalue weighted by molar-refractivity contribution is 9.11. The summed E-state index contributed by atoms with van der Waals surface area (Å²) in [5.41, 5.74) is 0.962. The van der Waals surface area contributed by atoms with Gasteiger partial charge in [-0.15, -0.1) is 0 Å². The topological polar surface area (TPSA) is 59.1 Å². The normalized spacial score (nSPS) is 11.6. The van der Waals surface area contributed by atoms with Crippen molar-refractivity contribution in [3.05, 3.63) is 62.1 Å². The highest BCUT2D eigenvalue weighted by Crippen LogP contribution is 2.37. The van der Waals surface area contributed by atoms with E-state index in [4.69, 9.17) is 0 Å². The third-order valence-electron chi connectivity index (χ3n) is 3.16. The summed E-state index contributed by atoms with van der Waals surface area (Å²) in [5.74, 6) is 0. The van der Waals surface area contributed by atoms with E-state index in [1.54, 1.807) is 36.5 Å². The van der Waals surface area contributed by atoms with Crippen LogP contribution in [0.2, 0.25) is 0 Å². The quantitative estimate of drug-likeness (QED) is 0.508. The first kappa shape index (κ1) is 16.9. The number of rotatable bonds is 3. The van der Waals surface area contributed by atoms with Gasteiger partial charge in [0.2, 0.25) is 0 Å². The summed E-state index contributed by atoms with van der Waals surface area (Å²) in [6.07, 6.45) is 1.62. The van der Waals surface area contributed by atoms with Gasteiger partial charge in [-0.1, -0.05) is 34.1 Å². The first-order valence-corrected chi connectivity index (χ1v) is 10.3. The lowest BCUT2D eigenvalue weighted by atomic mass is 10.2. The van der Waals surface area contributed by atoms with E-state index in [0.717, 1.165) is 9.86 Å². The van der Waals surface area contributed by atoms with Crippen molar-refractivity contribution in [2.45, 2.75) is 4.90 Å². The number of pyridine rings is 1. The molecule has 3 aromatic rings. The molecule has 0 radical (unpaired) electrons. The van der Waals surface area contributed by atoms with Crippen LogP contribution >= 0.6 is 47.8 Å². The molecule has 1 heterocycles. The van der Waals surface area contributed by atoms with Crippen LogP contribution in [-0.2, 0) is 10.0 Å². The Hall–Kier alpha value is -0.960. The molecule has 23 heavy (non-hydrogen) atoms. The number of fused-ring (bicyclic) bond motifs is 1. The molecule has 0 saturated carbocycles. The smallest absolute Gasteiger partial charge is 0.263 e. The molecule has 0 saturated heterocycles. The lowest BCUT2D eigenvalue weighted by Crippen LogP contribution is -2.14. The first-order chi connectivity index (χ1) is 10.9. The number of nitrogens with one attached hydrogen (secondary N) is 1. The number of benzene rings is 2. The Morgan fingerprint density at radius 2 is 1.65 bits per heavy atom. The minimum Gasteiger partial charge on any atom is -0.276 e. The number of hydrogen-bond acceptors (Lipinski definition) is 3. The fraction of sp³-hybridized carbons (Fsp3) is 0. The molecule has 0 bridgehead atoms. The number of anilines is 1. The second-order valence-corrected chi connectivity index (χ2v) is 8.86. The molecule has 8 heteroatoms. The lowest BCUT2D eigenvalue weighted by Gasteiger charge is -2.14. The molecule has 0 unspecified atom stereocenters. The number of halogens is 3. The van der Waals surface area contributed by atoms with Crippen molar-refractivity contribution >= 4 is 74.4 Å². The van der Waals surface area contributed by atoms with Crippen LogP contribution in [0.1, 0.15) is 0 Å². The Kier molecular flexibility index (Phi) is 4.78. The van der Waals surface area contributed by atoms with Gasteiger partial charge in [0.05, 0.1) is 11.2 Å². The van der Waals surface area contributed by atoms with Crippen LogP contribution in [-0.4, -0.2) is 13.4 Å². The highest BCUT2D eigenvalue weighted by atomic mass is 79.9. The minimum absolute atomic E-state index is 0.166. The Bertz CT molecular complexity index is 1010. The fourth-order valence-electron chi connectivity index (χ4n) is 2.12. The van der Waals surface area contributed by atoms with Gasteiger partial charge in [0.1, 0.15) is 4.90 Å². The predicted octanol–water partition coefficient (Wildman–Crippen LogP) is 5.32. The average Bonchev–Trinajstić information content (AvgIpc) is 2.52. The summed E-state index contributed by atoms with van der Waals surface area (Å²) in [4.78, 5) is 4.47. The maximum Gasteiger partial charge on any atom is 0.263 e. The zero-order valence-corrected chi connectivity index (χ0v) is 17.0. The van der Waals surface area contributed by atoms with Gasteiger partial charge in [-0.05, 0) is 56.1 Å². The molecule has 0 fully saturated rings. The molecule has 0 amide bonds. The van der Waals surface area contributed by atoms with Crippen molar-refractivity contribution in [2.24, 2.45) is 0 Å². The van der Waals surface area contributed by atoms with Crippen molar-refractivity contribution in [3.8, 4) is 0 Å². The van der Waals surface area contributed by atoms with Crippen molar-refractivity contribution in [2.75, 3.05) is 4.72 Å². The zero-order valence-electron chi connectivity index (χ0n) is 11.4. The van der Waals surface area contributed by atoms with Gasteiger partial charge in [-0.2, -0.15) is 0 Å². The van der Waals surface area contributed by atoms with E-state index in [1.807, 2.05) is 6.07 Å². The predicted molar refractivity (Wildman–Crippen MR) is 102 cm³/mol. The molecule has 3 rings (SSSR count). The Morgan fingerprint density at radius 3 is 2.39 bits per heavy atom. The van der Waals surface area contributed by atoms with E-state index in [2.05, 4.69) is 57.5 Å². The molecule has 0 atom stereocenters. The largest absolute Gasteiger partial charge is 0.276 e. The Balaban J connectivity index is 2.18.